The summed E-state index contributed by atoms with van der Waals surface area (Å²) < 4.78 is 0.945. The molecule has 0 spiro atoms. The van der Waals surface area contributed by atoms with E-state index < -0.39 is 0 Å². The Hall–Kier alpha value is -0.870. The minimum absolute atomic E-state index is 0.129. The first-order valence-electron chi connectivity index (χ1n) is 6.94. The maximum Gasteiger partial charge on any atom is 0.254 e. The van der Waals surface area contributed by atoms with Gasteiger partial charge in [0.05, 0.1) is 0 Å². The molecule has 0 aromatic heterocycles. The average Bonchev–Trinajstić information content (AvgIpc) is 2.41. The highest BCUT2D eigenvalue weighted by Crippen LogP contribution is 2.24. The van der Waals surface area contributed by atoms with Crippen LogP contribution in [0.15, 0.2) is 28.7 Å². The fourth-order valence-electron chi connectivity index (χ4n) is 2.77. The Morgan fingerprint density at radius 3 is 2.63 bits per heavy atom. The Bertz CT molecular complexity index is 442. The number of carbonyl (C=O) groups is 1. The van der Waals surface area contributed by atoms with Gasteiger partial charge in [-0.1, -0.05) is 22.0 Å². The zero-order valence-corrected chi connectivity index (χ0v) is 12.9. The highest BCUT2D eigenvalue weighted by Gasteiger charge is 2.27. The maximum atomic E-state index is 12.6. The normalized spacial score (nSPS) is 23.1. The predicted molar refractivity (Wildman–Crippen MR) is 81.1 cm³/mol. The van der Waals surface area contributed by atoms with Gasteiger partial charge in [0.2, 0.25) is 0 Å². The lowest BCUT2D eigenvalue weighted by atomic mass is 9.90. The molecule has 0 heterocycles. The van der Waals surface area contributed by atoms with Gasteiger partial charge in [0.1, 0.15) is 0 Å². The monoisotopic (exact) mass is 324 g/mol. The van der Waals surface area contributed by atoms with Crippen molar-refractivity contribution in [2.75, 3.05) is 6.54 Å². The van der Waals surface area contributed by atoms with Crippen LogP contribution in [0.2, 0.25) is 0 Å². The van der Waals surface area contributed by atoms with Crippen molar-refractivity contribution in [1.29, 1.82) is 0 Å². The van der Waals surface area contributed by atoms with E-state index in [1.165, 1.54) is 0 Å². The Morgan fingerprint density at radius 1 is 1.37 bits per heavy atom. The van der Waals surface area contributed by atoms with E-state index in [2.05, 4.69) is 15.9 Å². The molecule has 4 heteroatoms. The highest BCUT2D eigenvalue weighted by atomic mass is 79.9. The molecule has 0 saturated heterocycles. The van der Waals surface area contributed by atoms with E-state index in [0.717, 1.165) is 42.3 Å². The number of nitrogens with two attached hydrogens (primary N) is 1. The molecule has 104 valence electrons. The fourth-order valence-corrected chi connectivity index (χ4v) is 3.17. The van der Waals surface area contributed by atoms with Gasteiger partial charge in [-0.15, -0.1) is 0 Å². The summed E-state index contributed by atoms with van der Waals surface area (Å²) in [6.07, 6.45) is 4.09. The second-order valence-electron chi connectivity index (χ2n) is 5.17. The summed E-state index contributed by atoms with van der Waals surface area (Å²) in [5.41, 5.74) is 6.69. The molecule has 0 radical (unpaired) electrons. The van der Waals surface area contributed by atoms with Gasteiger partial charge in [-0.25, -0.2) is 0 Å². The molecule has 0 aliphatic heterocycles. The van der Waals surface area contributed by atoms with Gasteiger partial charge in [0.25, 0.3) is 5.91 Å². The van der Waals surface area contributed by atoms with Gasteiger partial charge in [-0.2, -0.15) is 0 Å². The molecule has 0 atom stereocenters. The number of hydrogen-bond acceptors (Lipinski definition) is 2. The van der Waals surface area contributed by atoms with Crippen LogP contribution in [0.1, 0.15) is 43.0 Å². The molecule has 2 N–H and O–H groups in total. The highest BCUT2D eigenvalue weighted by molar-refractivity contribution is 9.10. The molecule has 1 aromatic rings. The lowest BCUT2D eigenvalue weighted by Gasteiger charge is -2.35. The van der Waals surface area contributed by atoms with Gasteiger partial charge in [-0.3, -0.25) is 4.79 Å². The number of rotatable bonds is 3. The second-order valence-corrected chi connectivity index (χ2v) is 6.09. The summed E-state index contributed by atoms with van der Waals surface area (Å²) in [5, 5.41) is 0. The van der Waals surface area contributed by atoms with Crippen LogP contribution in [0.3, 0.4) is 0 Å². The topological polar surface area (TPSA) is 46.3 Å². The summed E-state index contributed by atoms with van der Waals surface area (Å²) in [6, 6.07) is 8.27. The quantitative estimate of drug-likeness (QED) is 0.928. The lowest BCUT2D eigenvalue weighted by molar-refractivity contribution is 0.0640. The molecule has 0 unspecified atom stereocenters. The van der Waals surface area contributed by atoms with Crippen LogP contribution in [-0.4, -0.2) is 29.4 Å². The summed E-state index contributed by atoms with van der Waals surface area (Å²) >= 11 is 3.42. The van der Waals surface area contributed by atoms with Crippen molar-refractivity contribution < 1.29 is 4.79 Å². The van der Waals surface area contributed by atoms with Crippen molar-refractivity contribution in [3.8, 4) is 0 Å². The van der Waals surface area contributed by atoms with Crippen LogP contribution in [0.25, 0.3) is 0 Å². The Labute approximate surface area is 123 Å². The molecule has 19 heavy (non-hydrogen) atoms. The molecule has 1 aromatic carbocycles. The number of halogens is 1. The second kappa shape index (κ2) is 6.53. The maximum absolute atomic E-state index is 12.6. The van der Waals surface area contributed by atoms with Crippen molar-refractivity contribution in [1.82, 2.24) is 4.90 Å². The van der Waals surface area contributed by atoms with E-state index >= 15 is 0 Å². The number of amides is 1. The van der Waals surface area contributed by atoms with Crippen LogP contribution < -0.4 is 5.73 Å². The Morgan fingerprint density at radius 2 is 2.05 bits per heavy atom. The number of benzene rings is 1. The van der Waals surface area contributed by atoms with Crippen LogP contribution >= 0.6 is 15.9 Å². The van der Waals surface area contributed by atoms with E-state index in [9.17, 15) is 4.79 Å². The Balaban J connectivity index is 2.11. The van der Waals surface area contributed by atoms with Crippen molar-refractivity contribution >= 4 is 21.8 Å². The molecular formula is C15H21BrN2O. The molecule has 2 rings (SSSR count). The third-order valence-corrected chi connectivity index (χ3v) is 4.35. The predicted octanol–water partition coefficient (Wildman–Crippen LogP) is 3.18. The zero-order valence-electron chi connectivity index (χ0n) is 11.3. The zero-order chi connectivity index (χ0) is 13.8. The lowest BCUT2D eigenvalue weighted by Crippen LogP contribution is -2.44. The first-order chi connectivity index (χ1) is 9.11. The van der Waals surface area contributed by atoms with Crippen molar-refractivity contribution in [3.05, 3.63) is 34.3 Å². The first kappa shape index (κ1) is 14.5. The van der Waals surface area contributed by atoms with Crippen molar-refractivity contribution in [3.63, 3.8) is 0 Å². The average molecular weight is 325 g/mol. The molecule has 1 fully saturated rings. The SMILES string of the molecule is CCN(C(=O)c1cccc(Br)c1)C1CCC(N)CC1. The molecule has 3 nitrogen and oxygen atoms in total. The minimum atomic E-state index is 0.129. The first-order valence-corrected chi connectivity index (χ1v) is 7.73. The van der Waals surface area contributed by atoms with Crippen LogP contribution in [-0.2, 0) is 0 Å². The molecule has 1 amide bonds. The number of carbonyl (C=O) groups excluding carboxylic acids is 1. The fraction of sp³-hybridized carbons (Fsp3) is 0.533. The summed E-state index contributed by atoms with van der Waals surface area (Å²) in [5.74, 6) is 0.129. The molecular weight excluding hydrogens is 304 g/mol. The van der Waals surface area contributed by atoms with Crippen molar-refractivity contribution in [2.24, 2.45) is 5.73 Å². The largest absolute Gasteiger partial charge is 0.336 e. The van der Waals surface area contributed by atoms with Gasteiger partial charge in [-0.05, 0) is 50.8 Å². The smallest absolute Gasteiger partial charge is 0.254 e. The molecule has 0 bridgehead atoms. The van der Waals surface area contributed by atoms with E-state index in [-0.39, 0.29) is 5.91 Å². The van der Waals surface area contributed by atoms with Crippen LogP contribution in [0.5, 0.6) is 0 Å². The minimum Gasteiger partial charge on any atom is -0.336 e. The van der Waals surface area contributed by atoms with E-state index in [1.807, 2.05) is 36.1 Å². The van der Waals surface area contributed by atoms with Crippen LogP contribution in [0, 0.1) is 0 Å². The van der Waals surface area contributed by atoms with Crippen LogP contribution in [0.4, 0.5) is 0 Å². The Kier molecular flexibility index (Phi) is 4.99. The van der Waals surface area contributed by atoms with E-state index in [0.29, 0.717) is 12.1 Å². The van der Waals surface area contributed by atoms with Gasteiger partial charge >= 0.3 is 0 Å². The molecule has 1 aliphatic carbocycles. The summed E-state index contributed by atoms with van der Waals surface area (Å²) in [6.45, 7) is 2.80. The third kappa shape index (κ3) is 3.57. The summed E-state index contributed by atoms with van der Waals surface area (Å²) in [4.78, 5) is 14.6. The standard InChI is InChI=1S/C15H21BrN2O/c1-2-18(14-8-6-13(17)7-9-14)15(19)11-4-3-5-12(16)10-11/h3-5,10,13-14H,2,6-9,17H2,1H3. The van der Waals surface area contributed by atoms with Gasteiger partial charge < -0.3 is 10.6 Å². The number of nitrogens with zero attached hydrogens (tertiary/aromatic N) is 1. The van der Waals surface area contributed by atoms with E-state index in [4.69, 9.17) is 5.73 Å². The summed E-state index contributed by atoms with van der Waals surface area (Å²) in [7, 11) is 0. The molecule has 1 aliphatic rings. The molecule has 1 saturated carbocycles. The van der Waals surface area contributed by atoms with Crippen molar-refractivity contribution in [2.45, 2.75) is 44.7 Å². The van der Waals surface area contributed by atoms with E-state index in [1.54, 1.807) is 0 Å². The van der Waals surface area contributed by atoms with Gasteiger partial charge in [0, 0.05) is 28.7 Å². The third-order valence-electron chi connectivity index (χ3n) is 3.86. The number of hydrogen-bond donors (Lipinski definition) is 1. The van der Waals surface area contributed by atoms with Gasteiger partial charge in [0.15, 0.2) is 0 Å².